The molecular weight excluding hydrogens is 350 g/mol. The number of amides is 1. The van der Waals surface area contributed by atoms with E-state index in [1.807, 2.05) is 0 Å². The van der Waals surface area contributed by atoms with E-state index in [1.54, 1.807) is 31.2 Å². The maximum atomic E-state index is 12.4. The zero-order valence-corrected chi connectivity index (χ0v) is 13.6. The summed E-state index contributed by atoms with van der Waals surface area (Å²) in [4.78, 5) is 23.3. The van der Waals surface area contributed by atoms with Crippen LogP contribution in [0.15, 0.2) is 40.9 Å². The first-order valence-electron chi connectivity index (χ1n) is 6.41. The van der Waals surface area contributed by atoms with Crippen molar-refractivity contribution in [1.82, 2.24) is 0 Å². The number of halogens is 1. The van der Waals surface area contributed by atoms with Crippen LogP contribution in [0, 0.1) is 6.92 Å². The molecule has 0 bridgehead atoms. The molecule has 0 unspecified atom stereocenters. The lowest BCUT2D eigenvalue weighted by molar-refractivity contribution is 0.0696. The maximum absolute atomic E-state index is 12.4. The van der Waals surface area contributed by atoms with Crippen LogP contribution in [0.5, 0.6) is 5.75 Å². The predicted octanol–water partition coefficient (Wildman–Crippen LogP) is 3.72. The van der Waals surface area contributed by atoms with Crippen molar-refractivity contribution in [2.24, 2.45) is 0 Å². The number of aryl methyl sites for hydroxylation is 1. The van der Waals surface area contributed by atoms with E-state index in [9.17, 15) is 9.59 Å². The number of rotatable bonds is 4. The number of carbonyl (C=O) groups excluding carboxylic acids is 1. The molecule has 6 heteroatoms. The second-order valence-corrected chi connectivity index (χ2v) is 5.55. The minimum Gasteiger partial charge on any atom is -0.496 e. The molecule has 0 aliphatic rings. The average molecular weight is 364 g/mol. The van der Waals surface area contributed by atoms with Crippen LogP contribution in [0.1, 0.15) is 26.3 Å². The zero-order chi connectivity index (χ0) is 16.3. The van der Waals surface area contributed by atoms with Crippen LogP contribution in [-0.2, 0) is 0 Å². The third-order valence-electron chi connectivity index (χ3n) is 3.13. The van der Waals surface area contributed by atoms with Crippen molar-refractivity contribution >= 4 is 33.5 Å². The van der Waals surface area contributed by atoms with Gasteiger partial charge in [-0.1, -0.05) is 15.9 Å². The third-order valence-corrected chi connectivity index (χ3v) is 3.62. The Morgan fingerprint density at radius 3 is 2.50 bits per heavy atom. The number of methoxy groups -OCH3 is 1. The molecule has 2 rings (SSSR count). The van der Waals surface area contributed by atoms with E-state index in [0.717, 1.165) is 4.47 Å². The van der Waals surface area contributed by atoms with Gasteiger partial charge in [0.05, 0.1) is 18.2 Å². The molecule has 1 amide bonds. The highest BCUT2D eigenvalue weighted by Gasteiger charge is 2.14. The molecule has 2 aromatic rings. The normalized spacial score (nSPS) is 10.1. The van der Waals surface area contributed by atoms with Crippen molar-refractivity contribution in [2.45, 2.75) is 6.92 Å². The number of carboxylic acids is 1. The summed E-state index contributed by atoms with van der Waals surface area (Å²) in [6.45, 7) is 1.74. The summed E-state index contributed by atoms with van der Waals surface area (Å²) in [5.74, 6) is -0.875. The van der Waals surface area contributed by atoms with E-state index in [4.69, 9.17) is 9.84 Å². The number of hydrogen-bond donors (Lipinski definition) is 2. The van der Waals surface area contributed by atoms with Crippen LogP contribution in [0.4, 0.5) is 5.69 Å². The smallest absolute Gasteiger partial charge is 0.335 e. The molecule has 2 aromatic carbocycles. The van der Waals surface area contributed by atoms with Gasteiger partial charge in [-0.05, 0) is 48.9 Å². The SMILES string of the molecule is COc1ccc(Br)cc1C(=O)Nc1ccc(C(=O)O)cc1C. The van der Waals surface area contributed by atoms with Crippen molar-refractivity contribution in [3.63, 3.8) is 0 Å². The average Bonchev–Trinajstić information content (AvgIpc) is 2.48. The van der Waals surface area contributed by atoms with Crippen molar-refractivity contribution in [1.29, 1.82) is 0 Å². The molecule has 0 aliphatic carbocycles. The molecule has 5 nitrogen and oxygen atoms in total. The molecule has 114 valence electrons. The topological polar surface area (TPSA) is 75.6 Å². The Balaban J connectivity index is 2.29. The highest BCUT2D eigenvalue weighted by molar-refractivity contribution is 9.10. The summed E-state index contributed by atoms with van der Waals surface area (Å²) in [7, 11) is 1.49. The Morgan fingerprint density at radius 1 is 1.18 bits per heavy atom. The van der Waals surface area contributed by atoms with E-state index < -0.39 is 5.97 Å². The molecule has 2 N–H and O–H groups in total. The lowest BCUT2D eigenvalue weighted by Gasteiger charge is -2.12. The monoisotopic (exact) mass is 363 g/mol. The number of carboxylic acid groups (broad SMARTS) is 1. The number of hydrogen-bond acceptors (Lipinski definition) is 3. The highest BCUT2D eigenvalue weighted by Crippen LogP contribution is 2.25. The Bertz CT molecular complexity index is 743. The van der Waals surface area contributed by atoms with Crippen LogP contribution in [0.3, 0.4) is 0 Å². The first kappa shape index (κ1) is 16.0. The highest BCUT2D eigenvalue weighted by atomic mass is 79.9. The van der Waals surface area contributed by atoms with E-state index in [2.05, 4.69) is 21.2 Å². The van der Waals surface area contributed by atoms with Gasteiger partial charge in [-0.25, -0.2) is 4.79 Å². The standard InChI is InChI=1S/C16H14BrNO4/c1-9-7-10(16(20)21)3-5-13(9)18-15(19)12-8-11(17)4-6-14(12)22-2/h3-8H,1-2H3,(H,18,19)(H,20,21). The zero-order valence-electron chi connectivity index (χ0n) is 12.0. The number of carbonyl (C=O) groups is 2. The van der Waals surface area contributed by atoms with E-state index in [-0.39, 0.29) is 11.5 Å². The molecule has 0 heterocycles. The number of nitrogens with one attached hydrogen (secondary N) is 1. The fourth-order valence-electron chi connectivity index (χ4n) is 1.98. The van der Waals surface area contributed by atoms with Gasteiger partial charge >= 0.3 is 5.97 Å². The van der Waals surface area contributed by atoms with E-state index >= 15 is 0 Å². The van der Waals surface area contributed by atoms with E-state index in [0.29, 0.717) is 22.6 Å². The lowest BCUT2D eigenvalue weighted by Crippen LogP contribution is -2.14. The molecule has 0 atom stereocenters. The third kappa shape index (κ3) is 3.46. The first-order valence-corrected chi connectivity index (χ1v) is 7.20. The fourth-order valence-corrected chi connectivity index (χ4v) is 2.35. The van der Waals surface area contributed by atoms with Crippen LogP contribution in [0.25, 0.3) is 0 Å². The Labute approximate surface area is 136 Å². The predicted molar refractivity (Wildman–Crippen MR) is 86.8 cm³/mol. The Morgan fingerprint density at radius 2 is 1.91 bits per heavy atom. The van der Waals surface area contributed by atoms with Gasteiger partial charge in [-0.2, -0.15) is 0 Å². The number of benzene rings is 2. The quantitative estimate of drug-likeness (QED) is 0.867. The van der Waals surface area contributed by atoms with Gasteiger partial charge < -0.3 is 15.2 Å². The van der Waals surface area contributed by atoms with Crippen molar-refractivity contribution < 1.29 is 19.4 Å². The van der Waals surface area contributed by atoms with Gasteiger partial charge in [0.25, 0.3) is 5.91 Å². The number of aromatic carboxylic acids is 1. The molecule has 0 saturated carbocycles. The molecule has 0 fully saturated rings. The van der Waals surface area contributed by atoms with Crippen LogP contribution in [0.2, 0.25) is 0 Å². The Kier molecular flexibility index (Phi) is 4.82. The summed E-state index contributed by atoms with van der Waals surface area (Å²) in [5.41, 5.74) is 1.79. The largest absolute Gasteiger partial charge is 0.496 e. The second kappa shape index (κ2) is 6.62. The van der Waals surface area contributed by atoms with Crippen molar-refractivity contribution in [3.05, 3.63) is 57.6 Å². The molecule has 22 heavy (non-hydrogen) atoms. The molecule has 0 spiro atoms. The molecule has 0 aliphatic heterocycles. The van der Waals surface area contributed by atoms with Gasteiger partial charge in [0.15, 0.2) is 0 Å². The van der Waals surface area contributed by atoms with Gasteiger partial charge in [-0.3, -0.25) is 4.79 Å². The molecule has 0 aromatic heterocycles. The van der Waals surface area contributed by atoms with Gasteiger partial charge in [0.2, 0.25) is 0 Å². The van der Waals surface area contributed by atoms with Crippen LogP contribution in [-0.4, -0.2) is 24.1 Å². The van der Waals surface area contributed by atoms with Gasteiger partial charge in [0, 0.05) is 10.2 Å². The second-order valence-electron chi connectivity index (χ2n) is 4.63. The van der Waals surface area contributed by atoms with Crippen LogP contribution < -0.4 is 10.1 Å². The summed E-state index contributed by atoms with van der Waals surface area (Å²) in [6, 6.07) is 9.66. The van der Waals surface area contributed by atoms with Crippen molar-refractivity contribution in [3.8, 4) is 5.75 Å². The fraction of sp³-hybridized carbons (Fsp3) is 0.125. The molecule has 0 radical (unpaired) electrons. The first-order chi connectivity index (χ1) is 10.4. The van der Waals surface area contributed by atoms with Gasteiger partial charge in [0.1, 0.15) is 5.75 Å². The van der Waals surface area contributed by atoms with Crippen molar-refractivity contribution in [2.75, 3.05) is 12.4 Å². The Hall–Kier alpha value is -2.34. The lowest BCUT2D eigenvalue weighted by atomic mass is 10.1. The molecular formula is C16H14BrNO4. The van der Waals surface area contributed by atoms with Crippen LogP contribution >= 0.6 is 15.9 Å². The number of anilines is 1. The summed E-state index contributed by atoms with van der Waals surface area (Å²) in [5, 5.41) is 11.7. The summed E-state index contributed by atoms with van der Waals surface area (Å²) < 4.78 is 5.94. The molecule has 0 saturated heterocycles. The minimum absolute atomic E-state index is 0.176. The summed E-state index contributed by atoms with van der Waals surface area (Å²) in [6.07, 6.45) is 0. The number of ether oxygens (including phenoxy) is 1. The minimum atomic E-state index is -1.00. The van der Waals surface area contributed by atoms with Gasteiger partial charge in [-0.15, -0.1) is 0 Å². The summed E-state index contributed by atoms with van der Waals surface area (Å²) >= 11 is 3.32. The maximum Gasteiger partial charge on any atom is 0.335 e. The van der Waals surface area contributed by atoms with E-state index in [1.165, 1.54) is 19.2 Å².